The predicted molar refractivity (Wildman–Crippen MR) is 74.8 cm³/mol. The van der Waals surface area contributed by atoms with Crippen molar-refractivity contribution in [3.63, 3.8) is 0 Å². The van der Waals surface area contributed by atoms with E-state index in [0.717, 1.165) is 16.7 Å². The summed E-state index contributed by atoms with van der Waals surface area (Å²) in [7, 11) is 1.59. The molecular weight excluding hydrogens is 240 g/mol. The number of hydrogen-bond donors (Lipinski definition) is 2. The van der Waals surface area contributed by atoms with E-state index in [1.165, 1.54) is 0 Å². The molecular formula is C14H18N4O. The second kappa shape index (κ2) is 5.67. The standard InChI is InChI=1S/C14H18N4O/c1-9-5-11(14(16)18-7-9)12(15)6-10-3-4-13(19-2)17-8-10/h3-5,7-8,12H,6,15H2,1-2H3,(H2,16,18). The second-order valence-electron chi connectivity index (χ2n) is 4.51. The van der Waals surface area contributed by atoms with Crippen LogP contribution in [0.4, 0.5) is 5.82 Å². The second-order valence-corrected chi connectivity index (χ2v) is 4.51. The summed E-state index contributed by atoms with van der Waals surface area (Å²) >= 11 is 0. The lowest BCUT2D eigenvalue weighted by atomic mass is 10.0. The quantitative estimate of drug-likeness (QED) is 0.870. The van der Waals surface area contributed by atoms with Gasteiger partial charge in [0.25, 0.3) is 0 Å². The van der Waals surface area contributed by atoms with Gasteiger partial charge >= 0.3 is 0 Å². The van der Waals surface area contributed by atoms with Crippen molar-refractivity contribution in [2.45, 2.75) is 19.4 Å². The van der Waals surface area contributed by atoms with Crippen molar-refractivity contribution in [3.05, 3.63) is 47.3 Å². The van der Waals surface area contributed by atoms with Crippen LogP contribution in [0.3, 0.4) is 0 Å². The number of nitrogens with two attached hydrogens (primary N) is 2. The Labute approximate surface area is 112 Å². The summed E-state index contributed by atoms with van der Waals surface area (Å²) in [5.41, 5.74) is 15.0. The molecule has 2 aromatic heterocycles. The van der Waals surface area contributed by atoms with Crippen molar-refractivity contribution in [3.8, 4) is 5.88 Å². The van der Waals surface area contributed by atoms with E-state index in [1.807, 2.05) is 25.1 Å². The molecule has 0 saturated heterocycles. The molecule has 5 nitrogen and oxygen atoms in total. The number of nitrogens with zero attached hydrogens (tertiary/aromatic N) is 2. The third kappa shape index (κ3) is 3.20. The van der Waals surface area contributed by atoms with Crippen LogP contribution in [-0.2, 0) is 6.42 Å². The van der Waals surface area contributed by atoms with Gasteiger partial charge in [0.2, 0.25) is 5.88 Å². The van der Waals surface area contributed by atoms with Gasteiger partial charge in [-0.05, 0) is 30.5 Å². The Balaban J connectivity index is 2.15. The van der Waals surface area contributed by atoms with Crippen molar-refractivity contribution in [1.82, 2.24) is 9.97 Å². The van der Waals surface area contributed by atoms with Crippen molar-refractivity contribution >= 4 is 5.82 Å². The fraction of sp³-hybridized carbons (Fsp3) is 0.286. The van der Waals surface area contributed by atoms with Gasteiger partial charge in [-0.15, -0.1) is 0 Å². The Morgan fingerprint density at radius 1 is 1.26 bits per heavy atom. The number of methoxy groups -OCH3 is 1. The Kier molecular flexibility index (Phi) is 3.97. The highest BCUT2D eigenvalue weighted by Crippen LogP contribution is 2.21. The van der Waals surface area contributed by atoms with Crippen LogP contribution >= 0.6 is 0 Å². The molecule has 0 spiro atoms. The number of anilines is 1. The zero-order valence-corrected chi connectivity index (χ0v) is 11.1. The van der Waals surface area contributed by atoms with Crippen molar-refractivity contribution in [1.29, 1.82) is 0 Å². The summed E-state index contributed by atoms with van der Waals surface area (Å²) in [6.45, 7) is 1.97. The Morgan fingerprint density at radius 3 is 2.68 bits per heavy atom. The van der Waals surface area contributed by atoms with Gasteiger partial charge in [0.15, 0.2) is 0 Å². The minimum atomic E-state index is -0.192. The fourth-order valence-electron chi connectivity index (χ4n) is 1.92. The van der Waals surface area contributed by atoms with Crippen LogP contribution in [0.15, 0.2) is 30.6 Å². The first-order valence-corrected chi connectivity index (χ1v) is 6.06. The highest BCUT2D eigenvalue weighted by Gasteiger charge is 2.12. The summed E-state index contributed by atoms with van der Waals surface area (Å²) in [5.74, 6) is 1.08. The normalized spacial score (nSPS) is 12.2. The molecule has 4 N–H and O–H groups in total. The number of nitrogen functional groups attached to an aromatic ring is 1. The molecule has 19 heavy (non-hydrogen) atoms. The summed E-state index contributed by atoms with van der Waals surface area (Å²) < 4.78 is 5.02. The van der Waals surface area contributed by atoms with Gasteiger partial charge in [-0.1, -0.05) is 6.07 Å². The number of hydrogen-bond acceptors (Lipinski definition) is 5. The molecule has 0 bridgehead atoms. The van der Waals surface area contributed by atoms with Crippen LogP contribution in [0.2, 0.25) is 0 Å². The molecule has 2 rings (SSSR count). The first kappa shape index (κ1) is 13.3. The summed E-state index contributed by atoms with van der Waals surface area (Å²) in [6, 6.07) is 5.55. The summed E-state index contributed by atoms with van der Waals surface area (Å²) in [4.78, 5) is 8.29. The molecule has 5 heteroatoms. The van der Waals surface area contributed by atoms with Crippen molar-refractivity contribution in [2.24, 2.45) is 5.73 Å². The van der Waals surface area contributed by atoms with Gasteiger partial charge < -0.3 is 16.2 Å². The molecule has 2 aromatic rings. The van der Waals surface area contributed by atoms with E-state index in [1.54, 1.807) is 19.5 Å². The van der Waals surface area contributed by atoms with Gasteiger partial charge in [-0.25, -0.2) is 9.97 Å². The van der Waals surface area contributed by atoms with Crippen LogP contribution in [-0.4, -0.2) is 17.1 Å². The zero-order chi connectivity index (χ0) is 13.8. The van der Waals surface area contributed by atoms with E-state index in [9.17, 15) is 0 Å². The van der Waals surface area contributed by atoms with Gasteiger partial charge in [0.05, 0.1) is 7.11 Å². The lowest BCUT2D eigenvalue weighted by Crippen LogP contribution is -2.16. The van der Waals surface area contributed by atoms with E-state index in [4.69, 9.17) is 16.2 Å². The monoisotopic (exact) mass is 258 g/mol. The lowest BCUT2D eigenvalue weighted by molar-refractivity contribution is 0.397. The average Bonchev–Trinajstić information content (AvgIpc) is 2.42. The van der Waals surface area contributed by atoms with Gasteiger partial charge in [0, 0.05) is 30.1 Å². The molecule has 0 aliphatic carbocycles. The third-order valence-electron chi connectivity index (χ3n) is 2.95. The van der Waals surface area contributed by atoms with Crippen LogP contribution in [0, 0.1) is 6.92 Å². The SMILES string of the molecule is COc1ccc(CC(N)c2cc(C)cnc2N)cn1. The molecule has 0 radical (unpaired) electrons. The minimum Gasteiger partial charge on any atom is -0.481 e. The molecule has 1 atom stereocenters. The van der Waals surface area contributed by atoms with E-state index in [0.29, 0.717) is 18.1 Å². The smallest absolute Gasteiger partial charge is 0.212 e. The van der Waals surface area contributed by atoms with Crippen LogP contribution in [0.25, 0.3) is 0 Å². The number of aryl methyl sites for hydroxylation is 1. The fourth-order valence-corrected chi connectivity index (χ4v) is 1.92. The Morgan fingerprint density at radius 2 is 2.05 bits per heavy atom. The number of pyridine rings is 2. The topological polar surface area (TPSA) is 87.0 Å². The highest BCUT2D eigenvalue weighted by molar-refractivity contribution is 5.43. The maximum absolute atomic E-state index is 6.19. The highest BCUT2D eigenvalue weighted by atomic mass is 16.5. The number of rotatable bonds is 4. The summed E-state index contributed by atoms with van der Waals surface area (Å²) in [6.07, 6.45) is 4.16. The van der Waals surface area contributed by atoms with E-state index < -0.39 is 0 Å². The lowest BCUT2D eigenvalue weighted by Gasteiger charge is -2.14. The maximum Gasteiger partial charge on any atom is 0.212 e. The van der Waals surface area contributed by atoms with Crippen molar-refractivity contribution < 1.29 is 4.74 Å². The van der Waals surface area contributed by atoms with Crippen molar-refractivity contribution in [2.75, 3.05) is 12.8 Å². The molecule has 0 aliphatic rings. The molecule has 0 amide bonds. The van der Waals surface area contributed by atoms with E-state index in [-0.39, 0.29) is 6.04 Å². The largest absolute Gasteiger partial charge is 0.481 e. The zero-order valence-electron chi connectivity index (χ0n) is 11.1. The molecule has 0 aliphatic heterocycles. The Bertz CT molecular complexity index is 554. The number of ether oxygens (including phenoxy) is 1. The third-order valence-corrected chi connectivity index (χ3v) is 2.95. The molecule has 100 valence electrons. The maximum atomic E-state index is 6.19. The predicted octanol–water partition coefficient (Wildman–Crippen LogP) is 1.62. The molecule has 1 unspecified atom stereocenters. The molecule has 2 heterocycles. The van der Waals surface area contributed by atoms with Gasteiger partial charge in [-0.3, -0.25) is 0 Å². The van der Waals surface area contributed by atoms with E-state index >= 15 is 0 Å². The van der Waals surface area contributed by atoms with Crippen LogP contribution < -0.4 is 16.2 Å². The summed E-state index contributed by atoms with van der Waals surface area (Å²) in [5, 5.41) is 0. The average molecular weight is 258 g/mol. The van der Waals surface area contributed by atoms with Gasteiger partial charge in [0.1, 0.15) is 5.82 Å². The number of aromatic nitrogens is 2. The molecule has 0 aromatic carbocycles. The van der Waals surface area contributed by atoms with Gasteiger partial charge in [-0.2, -0.15) is 0 Å². The van der Waals surface area contributed by atoms with Crippen LogP contribution in [0.1, 0.15) is 22.7 Å². The first-order valence-electron chi connectivity index (χ1n) is 6.06. The van der Waals surface area contributed by atoms with E-state index in [2.05, 4.69) is 9.97 Å². The first-order chi connectivity index (χ1) is 9.10. The molecule has 0 fully saturated rings. The Hall–Kier alpha value is -2.14. The van der Waals surface area contributed by atoms with Crippen LogP contribution in [0.5, 0.6) is 5.88 Å². The molecule has 0 saturated carbocycles. The minimum absolute atomic E-state index is 0.192.